The second-order valence-electron chi connectivity index (χ2n) is 10.0. The molecule has 0 N–H and O–H groups in total. The summed E-state index contributed by atoms with van der Waals surface area (Å²) in [6.07, 6.45) is 0.849. The lowest BCUT2D eigenvalue weighted by Gasteiger charge is -2.46. The monoisotopic (exact) mass is 502 g/mol. The van der Waals surface area contributed by atoms with Crippen LogP contribution < -0.4 is 9.64 Å². The number of methoxy groups -OCH3 is 1. The van der Waals surface area contributed by atoms with Crippen molar-refractivity contribution in [1.29, 1.82) is 0 Å². The molecule has 0 radical (unpaired) electrons. The highest BCUT2D eigenvalue weighted by Crippen LogP contribution is 2.56. The van der Waals surface area contributed by atoms with Gasteiger partial charge in [0.1, 0.15) is 11.2 Å². The summed E-state index contributed by atoms with van der Waals surface area (Å²) >= 11 is 0. The van der Waals surface area contributed by atoms with Gasteiger partial charge in [0.05, 0.1) is 13.2 Å². The summed E-state index contributed by atoms with van der Waals surface area (Å²) in [6.45, 7) is 0.989. The molecule has 4 aromatic rings. The molecule has 1 saturated heterocycles. The van der Waals surface area contributed by atoms with Crippen LogP contribution in [0.25, 0.3) is 0 Å². The van der Waals surface area contributed by atoms with Crippen molar-refractivity contribution in [1.82, 2.24) is 4.90 Å². The first-order valence-corrected chi connectivity index (χ1v) is 13.0. The number of nitrogens with zero attached hydrogens (tertiary/aromatic N) is 2. The lowest BCUT2D eigenvalue weighted by Crippen LogP contribution is -2.54. The second kappa shape index (κ2) is 9.82. The number of benzene rings is 4. The third-order valence-electron chi connectivity index (χ3n) is 7.95. The number of amides is 2. The third kappa shape index (κ3) is 3.95. The number of hydrogen-bond acceptors (Lipinski definition) is 3. The van der Waals surface area contributed by atoms with Gasteiger partial charge in [-0.25, -0.2) is 0 Å². The molecule has 0 spiro atoms. The standard InChI is InChI=1S/C33H30N2O3/c1-38-27-18-16-24(17-19-27)20-21-34-29-15-9-8-14-28(29)31-33(32(34)37,26-12-6-3-7-13-26)22-30(36)35(31)23-25-10-4-2-5-11-25/h2-19,31H,20-23H2,1H3/t31-,33-/m1/s1. The topological polar surface area (TPSA) is 49.9 Å². The number of fused-ring (bicyclic) bond motifs is 3. The van der Waals surface area contributed by atoms with Crippen molar-refractivity contribution in [2.75, 3.05) is 18.6 Å². The molecule has 0 saturated carbocycles. The molecule has 2 aliphatic rings. The first kappa shape index (κ1) is 24.0. The van der Waals surface area contributed by atoms with Crippen LogP contribution >= 0.6 is 0 Å². The predicted molar refractivity (Wildman–Crippen MR) is 148 cm³/mol. The maximum Gasteiger partial charge on any atom is 0.240 e. The van der Waals surface area contributed by atoms with Crippen LogP contribution in [0.5, 0.6) is 5.75 Å². The summed E-state index contributed by atoms with van der Waals surface area (Å²) in [5.41, 5.74) is 3.99. The summed E-state index contributed by atoms with van der Waals surface area (Å²) in [7, 11) is 1.65. The van der Waals surface area contributed by atoms with E-state index in [1.54, 1.807) is 7.11 Å². The fourth-order valence-electron chi connectivity index (χ4n) is 6.12. The van der Waals surface area contributed by atoms with Gasteiger partial charge in [-0.1, -0.05) is 91.0 Å². The maximum atomic E-state index is 14.7. The summed E-state index contributed by atoms with van der Waals surface area (Å²) in [4.78, 5) is 32.3. The highest BCUT2D eigenvalue weighted by Gasteiger charge is 2.62. The van der Waals surface area contributed by atoms with E-state index in [4.69, 9.17) is 4.74 Å². The van der Waals surface area contributed by atoms with Crippen molar-refractivity contribution in [3.8, 4) is 5.75 Å². The van der Waals surface area contributed by atoms with Gasteiger partial charge in [0, 0.05) is 25.2 Å². The average molecular weight is 503 g/mol. The molecule has 38 heavy (non-hydrogen) atoms. The highest BCUT2D eigenvalue weighted by atomic mass is 16.5. The fourth-order valence-corrected chi connectivity index (χ4v) is 6.12. The van der Waals surface area contributed by atoms with Gasteiger partial charge in [0.15, 0.2) is 0 Å². The Bertz CT molecular complexity index is 1450. The van der Waals surface area contributed by atoms with Crippen LogP contribution in [-0.4, -0.2) is 30.4 Å². The van der Waals surface area contributed by atoms with E-state index in [9.17, 15) is 9.59 Å². The van der Waals surface area contributed by atoms with Gasteiger partial charge in [-0.2, -0.15) is 0 Å². The van der Waals surface area contributed by atoms with E-state index in [0.29, 0.717) is 19.5 Å². The Labute approximate surface area is 223 Å². The minimum absolute atomic E-state index is 0.00265. The molecule has 0 bridgehead atoms. The molecular weight excluding hydrogens is 472 g/mol. The van der Waals surface area contributed by atoms with Crippen LogP contribution in [0.15, 0.2) is 109 Å². The van der Waals surface area contributed by atoms with Crippen LogP contribution in [0.4, 0.5) is 5.69 Å². The SMILES string of the molecule is COc1ccc(CCN2C(=O)[C@@]3(c4ccccc4)CC(=O)N(Cc4ccccc4)[C@@H]3c3ccccc32)cc1. The van der Waals surface area contributed by atoms with Gasteiger partial charge in [0.2, 0.25) is 11.8 Å². The van der Waals surface area contributed by atoms with Crippen LogP contribution in [0, 0.1) is 0 Å². The zero-order chi connectivity index (χ0) is 26.1. The lowest BCUT2D eigenvalue weighted by molar-refractivity contribution is -0.129. The largest absolute Gasteiger partial charge is 0.497 e. The molecule has 0 aliphatic carbocycles. The third-order valence-corrected chi connectivity index (χ3v) is 7.95. The number of carbonyl (C=O) groups excluding carboxylic acids is 2. The number of carbonyl (C=O) groups is 2. The Morgan fingerprint density at radius 2 is 1.45 bits per heavy atom. The first-order chi connectivity index (χ1) is 18.6. The smallest absolute Gasteiger partial charge is 0.240 e. The van der Waals surface area contributed by atoms with Crippen molar-refractivity contribution < 1.29 is 14.3 Å². The van der Waals surface area contributed by atoms with Crippen LogP contribution in [-0.2, 0) is 28.0 Å². The Balaban J connectivity index is 1.45. The Kier molecular flexibility index (Phi) is 6.20. The number of rotatable bonds is 7. The number of hydrogen-bond donors (Lipinski definition) is 0. The van der Waals surface area contributed by atoms with E-state index < -0.39 is 5.41 Å². The first-order valence-electron chi connectivity index (χ1n) is 13.0. The van der Waals surface area contributed by atoms with E-state index in [0.717, 1.165) is 33.7 Å². The molecule has 2 amide bonds. The van der Waals surface area contributed by atoms with Crippen molar-refractivity contribution in [2.24, 2.45) is 0 Å². The predicted octanol–water partition coefficient (Wildman–Crippen LogP) is 5.70. The Morgan fingerprint density at radius 3 is 2.16 bits per heavy atom. The summed E-state index contributed by atoms with van der Waals surface area (Å²) in [5.74, 6) is 0.801. The van der Waals surface area contributed by atoms with Crippen LogP contribution in [0.2, 0.25) is 0 Å². The molecule has 4 aromatic carbocycles. The normalized spacial score (nSPS) is 20.3. The second-order valence-corrected chi connectivity index (χ2v) is 10.0. The number of anilines is 1. The Morgan fingerprint density at radius 1 is 0.789 bits per heavy atom. The van der Waals surface area contributed by atoms with Crippen LogP contribution in [0.1, 0.15) is 34.7 Å². The molecule has 2 aliphatic heterocycles. The number of para-hydroxylation sites is 1. The van der Waals surface area contributed by atoms with Gasteiger partial charge in [-0.05, 0) is 46.9 Å². The molecular formula is C33H30N2O3. The van der Waals surface area contributed by atoms with Gasteiger partial charge >= 0.3 is 0 Å². The molecule has 0 aromatic heterocycles. The highest BCUT2D eigenvalue weighted by molar-refractivity contribution is 6.09. The lowest BCUT2D eigenvalue weighted by atomic mass is 9.68. The Hall–Kier alpha value is -4.38. The molecule has 5 nitrogen and oxygen atoms in total. The molecule has 2 heterocycles. The van der Waals surface area contributed by atoms with Crippen molar-refractivity contribution in [2.45, 2.75) is 30.8 Å². The van der Waals surface area contributed by atoms with Crippen LogP contribution in [0.3, 0.4) is 0 Å². The van der Waals surface area contributed by atoms with Gasteiger partial charge in [-0.15, -0.1) is 0 Å². The summed E-state index contributed by atoms with van der Waals surface area (Å²) < 4.78 is 5.30. The molecule has 1 fully saturated rings. The van der Waals surface area contributed by atoms with E-state index in [1.165, 1.54) is 0 Å². The van der Waals surface area contributed by atoms with Crippen molar-refractivity contribution >= 4 is 17.5 Å². The van der Waals surface area contributed by atoms with Crippen molar-refractivity contribution in [3.63, 3.8) is 0 Å². The average Bonchev–Trinajstić information content (AvgIpc) is 3.27. The zero-order valence-electron chi connectivity index (χ0n) is 21.4. The number of likely N-dealkylation sites (tertiary alicyclic amines) is 1. The molecule has 2 atom stereocenters. The van der Waals surface area contributed by atoms with Crippen molar-refractivity contribution in [3.05, 3.63) is 131 Å². The molecule has 0 unspecified atom stereocenters. The fraction of sp³-hybridized carbons (Fsp3) is 0.212. The molecule has 5 heteroatoms. The van der Waals surface area contributed by atoms with E-state index >= 15 is 0 Å². The maximum absolute atomic E-state index is 14.7. The van der Waals surface area contributed by atoms with E-state index in [1.807, 2.05) is 113 Å². The van der Waals surface area contributed by atoms with E-state index in [2.05, 4.69) is 6.07 Å². The zero-order valence-corrected chi connectivity index (χ0v) is 21.4. The summed E-state index contributed by atoms with van der Waals surface area (Å²) in [5, 5.41) is 0. The number of ether oxygens (including phenoxy) is 1. The minimum atomic E-state index is -0.985. The summed E-state index contributed by atoms with van der Waals surface area (Å²) in [6, 6.07) is 35.6. The van der Waals surface area contributed by atoms with Gasteiger partial charge < -0.3 is 14.5 Å². The molecule has 6 rings (SSSR count). The van der Waals surface area contributed by atoms with Gasteiger partial charge in [0.25, 0.3) is 0 Å². The van der Waals surface area contributed by atoms with E-state index in [-0.39, 0.29) is 24.3 Å². The van der Waals surface area contributed by atoms with Gasteiger partial charge in [-0.3, -0.25) is 9.59 Å². The minimum Gasteiger partial charge on any atom is -0.497 e. The quantitative estimate of drug-likeness (QED) is 0.326. The molecule has 190 valence electrons.